The maximum atomic E-state index is 13.0. The number of benzene rings is 1. The van der Waals surface area contributed by atoms with Gasteiger partial charge in [0.05, 0.1) is 10.9 Å². The molecule has 0 aliphatic carbocycles. The quantitative estimate of drug-likeness (QED) is 0.801. The first-order valence-electron chi connectivity index (χ1n) is 8.24. The summed E-state index contributed by atoms with van der Waals surface area (Å²) in [4.78, 5) is 6.57. The van der Waals surface area contributed by atoms with Crippen LogP contribution in [0.4, 0.5) is 4.39 Å². The zero-order chi connectivity index (χ0) is 18.0. The van der Waals surface area contributed by atoms with Gasteiger partial charge in [0.2, 0.25) is 15.9 Å². The number of halogens is 1. The van der Waals surface area contributed by atoms with Gasteiger partial charge in [0.15, 0.2) is 5.82 Å². The van der Waals surface area contributed by atoms with Crippen LogP contribution in [0.5, 0.6) is 0 Å². The third-order valence-corrected chi connectivity index (χ3v) is 6.34. The van der Waals surface area contributed by atoms with E-state index < -0.39 is 15.8 Å². The van der Waals surface area contributed by atoms with Gasteiger partial charge in [-0.15, -0.1) is 0 Å². The third kappa shape index (κ3) is 3.73. The maximum absolute atomic E-state index is 13.0. The molecule has 1 aliphatic rings. The molecule has 0 amide bonds. The molecule has 1 saturated heterocycles. The number of sulfonamides is 1. The van der Waals surface area contributed by atoms with Gasteiger partial charge < -0.3 is 4.52 Å². The molecule has 1 aromatic heterocycles. The lowest BCUT2D eigenvalue weighted by molar-refractivity contribution is 0.124. The Kier molecular flexibility index (Phi) is 5.16. The number of piperazine rings is 1. The smallest absolute Gasteiger partial charge is 0.243 e. The average molecular weight is 368 g/mol. The third-order valence-electron chi connectivity index (χ3n) is 4.43. The van der Waals surface area contributed by atoms with Gasteiger partial charge in [0.25, 0.3) is 0 Å². The summed E-state index contributed by atoms with van der Waals surface area (Å²) >= 11 is 0. The molecule has 1 fully saturated rings. The minimum atomic E-state index is -3.60. The van der Waals surface area contributed by atoms with E-state index in [1.54, 1.807) is 0 Å². The van der Waals surface area contributed by atoms with E-state index >= 15 is 0 Å². The summed E-state index contributed by atoms with van der Waals surface area (Å²) < 4.78 is 45.0. The predicted octanol–water partition coefficient (Wildman–Crippen LogP) is 1.84. The van der Waals surface area contributed by atoms with E-state index in [0.29, 0.717) is 44.3 Å². The van der Waals surface area contributed by atoms with Crippen LogP contribution in [0.25, 0.3) is 0 Å². The van der Waals surface area contributed by atoms with E-state index in [4.69, 9.17) is 4.52 Å². The normalized spacial score (nSPS) is 18.4. The molecule has 9 heteroatoms. The molecule has 0 bridgehead atoms. The van der Waals surface area contributed by atoms with Crippen LogP contribution >= 0.6 is 0 Å². The maximum Gasteiger partial charge on any atom is 0.243 e. The molecule has 0 unspecified atom stereocenters. The molecule has 2 heterocycles. The van der Waals surface area contributed by atoms with Crippen molar-refractivity contribution >= 4 is 10.0 Å². The molecule has 2 aromatic rings. The first-order valence-corrected chi connectivity index (χ1v) is 9.68. The summed E-state index contributed by atoms with van der Waals surface area (Å²) in [7, 11) is -3.60. The molecule has 25 heavy (non-hydrogen) atoms. The lowest BCUT2D eigenvalue weighted by Crippen LogP contribution is -2.49. The van der Waals surface area contributed by atoms with E-state index in [9.17, 15) is 12.8 Å². The molecule has 3 rings (SSSR count). The number of hydrogen-bond acceptors (Lipinski definition) is 6. The number of aromatic nitrogens is 2. The highest BCUT2D eigenvalue weighted by Crippen LogP contribution is 2.23. The van der Waals surface area contributed by atoms with E-state index in [1.165, 1.54) is 16.4 Å². The largest absolute Gasteiger partial charge is 0.338 e. The van der Waals surface area contributed by atoms with Crippen LogP contribution in [-0.4, -0.2) is 53.9 Å². The Morgan fingerprint density at radius 1 is 1.20 bits per heavy atom. The lowest BCUT2D eigenvalue weighted by Gasteiger charge is -2.36. The molecular formula is C16H21FN4O3S. The number of aryl methyl sites for hydroxylation is 1. The van der Waals surface area contributed by atoms with Gasteiger partial charge in [-0.2, -0.15) is 9.29 Å². The Balaban J connectivity index is 1.65. The van der Waals surface area contributed by atoms with Crippen LogP contribution in [0.3, 0.4) is 0 Å². The van der Waals surface area contributed by atoms with Crippen molar-refractivity contribution in [3.8, 4) is 0 Å². The van der Waals surface area contributed by atoms with Crippen molar-refractivity contribution in [1.29, 1.82) is 0 Å². The number of hydrogen-bond donors (Lipinski definition) is 0. The van der Waals surface area contributed by atoms with Crippen LogP contribution in [0.1, 0.15) is 31.6 Å². The van der Waals surface area contributed by atoms with Gasteiger partial charge >= 0.3 is 0 Å². The number of nitrogens with zero attached hydrogens (tertiary/aromatic N) is 4. The summed E-state index contributed by atoms with van der Waals surface area (Å²) in [5, 5.41) is 3.90. The highest BCUT2D eigenvalue weighted by atomic mass is 32.2. The van der Waals surface area contributed by atoms with Crippen LogP contribution in [0.2, 0.25) is 0 Å². The summed E-state index contributed by atoms with van der Waals surface area (Å²) in [6, 6.07) is 4.84. The molecule has 1 aromatic carbocycles. The van der Waals surface area contributed by atoms with E-state index in [2.05, 4.69) is 15.0 Å². The predicted molar refractivity (Wildman–Crippen MR) is 88.8 cm³/mol. The Labute approximate surface area is 146 Å². The molecule has 7 nitrogen and oxygen atoms in total. The Hall–Kier alpha value is -1.84. The highest BCUT2D eigenvalue weighted by Gasteiger charge is 2.31. The highest BCUT2D eigenvalue weighted by molar-refractivity contribution is 7.89. The lowest BCUT2D eigenvalue weighted by atomic mass is 10.2. The fourth-order valence-corrected chi connectivity index (χ4v) is 4.25. The Morgan fingerprint density at radius 2 is 1.84 bits per heavy atom. The SMILES string of the molecule is CCc1noc([C@H](C)N2CCN(S(=O)(=O)c3ccc(F)cc3)CC2)n1. The van der Waals surface area contributed by atoms with Crippen molar-refractivity contribution in [2.24, 2.45) is 0 Å². The summed E-state index contributed by atoms with van der Waals surface area (Å²) in [5.74, 6) is 0.759. The molecule has 1 aliphatic heterocycles. The molecular weight excluding hydrogens is 347 g/mol. The second kappa shape index (κ2) is 7.19. The van der Waals surface area contributed by atoms with Crippen molar-refractivity contribution in [3.63, 3.8) is 0 Å². The summed E-state index contributed by atoms with van der Waals surface area (Å²) in [6.07, 6.45) is 0.708. The van der Waals surface area contributed by atoms with E-state index in [1.807, 2.05) is 13.8 Å². The van der Waals surface area contributed by atoms with Crippen molar-refractivity contribution in [2.75, 3.05) is 26.2 Å². The topological polar surface area (TPSA) is 79.5 Å². The van der Waals surface area contributed by atoms with Gasteiger partial charge in [-0.05, 0) is 31.2 Å². The first kappa shape index (κ1) is 18.0. The molecule has 0 saturated carbocycles. The summed E-state index contributed by atoms with van der Waals surface area (Å²) in [6.45, 7) is 5.77. The minimum absolute atomic E-state index is 0.0662. The zero-order valence-electron chi connectivity index (χ0n) is 14.2. The second-order valence-corrected chi connectivity index (χ2v) is 7.91. The van der Waals surface area contributed by atoms with Crippen LogP contribution in [0.15, 0.2) is 33.7 Å². The monoisotopic (exact) mass is 368 g/mol. The van der Waals surface area contributed by atoms with Crippen LogP contribution < -0.4 is 0 Å². The Bertz CT molecular complexity index is 814. The van der Waals surface area contributed by atoms with Gasteiger partial charge in [0, 0.05) is 32.6 Å². The first-order chi connectivity index (χ1) is 11.9. The number of rotatable bonds is 5. The van der Waals surface area contributed by atoms with Gasteiger partial charge in [-0.1, -0.05) is 12.1 Å². The fraction of sp³-hybridized carbons (Fsp3) is 0.500. The average Bonchev–Trinajstić information content (AvgIpc) is 3.11. The molecule has 0 N–H and O–H groups in total. The van der Waals surface area contributed by atoms with E-state index in [-0.39, 0.29) is 10.9 Å². The fourth-order valence-electron chi connectivity index (χ4n) is 2.82. The van der Waals surface area contributed by atoms with Crippen molar-refractivity contribution in [2.45, 2.75) is 31.2 Å². The van der Waals surface area contributed by atoms with Crippen LogP contribution in [0, 0.1) is 5.82 Å². The standard InChI is InChI=1S/C16H21FN4O3S/c1-3-15-18-16(24-19-15)12(2)20-8-10-21(11-9-20)25(22,23)14-6-4-13(17)5-7-14/h4-7,12H,3,8-11H2,1-2H3/t12-/m0/s1. The van der Waals surface area contributed by atoms with Crippen molar-refractivity contribution < 1.29 is 17.3 Å². The zero-order valence-corrected chi connectivity index (χ0v) is 15.0. The Morgan fingerprint density at radius 3 is 2.40 bits per heavy atom. The summed E-state index contributed by atoms with van der Waals surface area (Å²) in [5.41, 5.74) is 0. The van der Waals surface area contributed by atoms with Crippen molar-refractivity contribution in [1.82, 2.24) is 19.3 Å². The molecule has 136 valence electrons. The van der Waals surface area contributed by atoms with E-state index in [0.717, 1.165) is 12.1 Å². The van der Waals surface area contributed by atoms with Crippen LogP contribution in [-0.2, 0) is 16.4 Å². The minimum Gasteiger partial charge on any atom is -0.338 e. The van der Waals surface area contributed by atoms with Gasteiger partial charge in [-0.3, -0.25) is 4.90 Å². The molecule has 0 radical (unpaired) electrons. The second-order valence-electron chi connectivity index (χ2n) is 5.97. The van der Waals surface area contributed by atoms with Crippen molar-refractivity contribution in [3.05, 3.63) is 41.8 Å². The van der Waals surface area contributed by atoms with Gasteiger partial charge in [0.1, 0.15) is 5.82 Å². The molecule has 0 spiro atoms. The van der Waals surface area contributed by atoms with Gasteiger partial charge in [-0.25, -0.2) is 12.8 Å². The molecule has 1 atom stereocenters.